The second kappa shape index (κ2) is 14.4. The van der Waals surface area contributed by atoms with Gasteiger partial charge in [0, 0.05) is 34.6 Å². The summed E-state index contributed by atoms with van der Waals surface area (Å²) >= 11 is 25.0. The molecule has 12 heteroatoms. The number of nitrogens with one attached hydrogen (secondary N) is 1. The molecule has 1 atom stereocenters. The number of benzene rings is 3. The van der Waals surface area contributed by atoms with E-state index >= 15 is 0 Å². The van der Waals surface area contributed by atoms with Gasteiger partial charge in [0.2, 0.25) is 21.8 Å². The Morgan fingerprint density at radius 2 is 1.55 bits per heavy atom. The maximum Gasteiger partial charge on any atom is 0.244 e. The van der Waals surface area contributed by atoms with Gasteiger partial charge in [-0.05, 0) is 47.9 Å². The lowest BCUT2D eigenvalue weighted by Crippen LogP contribution is -2.53. The Labute approximate surface area is 255 Å². The molecule has 0 heterocycles. The Kier molecular flexibility index (Phi) is 11.5. The van der Waals surface area contributed by atoms with Crippen LogP contribution in [-0.2, 0) is 32.6 Å². The molecule has 0 saturated carbocycles. The number of rotatable bonds is 12. The van der Waals surface area contributed by atoms with Crippen molar-refractivity contribution in [3.63, 3.8) is 0 Å². The van der Waals surface area contributed by atoms with Crippen molar-refractivity contribution >= 4 is 73.9 Å². The van der Waals surface area contributed by atoms with E-state index in [0.717, 1.165) is 16.1 Å². The van der Waals surface area contributed by atoms with Crippen LogP contribution in [0.5, 0.6) is 0 Å². The van der Waals surface area contributed by atoms with Crippen LogP contribution in [0.15, 0.2) is 66.7 Å². The highest BCUT2D eigenvalue weighted by Crippen LogP contribution is 2.31. The van der Waals surface area contributed by atoms with E-state index in [0.29, 0.717) is 28.6 Å². The maximum atomic E-state index is 14.1. The molecule has 2 amide bonds. The average molecular weight is 645 g/mol. The van der Waals surface area contributed by atoms with Crippen molar-refractivity contribution in [1.82, 2.24) is 10.2 Å². The van der Waals surface area contributed by atoms with E-state index in [4.69, 9.17) is 46.4 Å². The first-order valence-electron chi connectivity index (χ1n) is 12.4. The molecule has 3 aromatic carbocycles. The van der Waals surface area contributed by atoms with E-state index < -0.39 is 28.5 Å². The van der Waals surface area contributed by atoms with Gasteiger partial charge in [-0.25, -0.2) is 8.42 Å². The molecule has 3 aromatic rings. The summed E-state index contributed by atoms with van der Waals surface area (Å²) < 4.78 is 26.6. The average Bonchev–Trinajstić information content (AvgIpc) is 2.90. The van der Waals surface area contributed by atoms with Crippen LogP contribution in [0.3, 0.4) is 0 Å². The van der Waals surface area contributed by atoms with Crippen LogP contribution >= 0.6 is 46.4 Å². The van der Waals surface area contributed by atoms with Gasteiger partial charge in [0.15, 0.2) is 0 Å². The van der Waals surface area contributed by atoms with Gasteiger partial charge in [0.25, 0.3) is 0 Å². The number of carbonyl (C=O) groups excluding carboxylic acids is 2. The third-order valence-electron chi connectivity index (χ3n) is 6.03. The molecule has 0 fully saturated rings. The van der Waals surface area contributed by atoms with Crippen LogP contribution in [0, 0.1) is 0 Å². The summed E-state index contributed by atoms with van der Waals surface area (Å²) in [6, 6.07) is 17.4. The summed E-state index contributed by atoms with van der Waals surface area (Å²) in [6.07, 6.45) is 1.84. The zero-order chi connectivity index (χ0) is 29.4. The molecule has 0 aliphatic heterocycles. The summed E-state index contributed by atoms with van der Waals surface area (Å²) in [5, 5.41) is 3.92. The molecule has 0 aliphatic carbocycles. The summed E-state index contributed by atoms with van der Waals surface area (Å²) in [6.45, 7) is 1.62. The SMILES string of the molecule is CCCNC(=O)[C@H](Cc1ccccc1)N(Cc1ccc(Cl)cc1Cl)C(=O)CN(c1cc(Cl)ccc1Cl)S(C)(=O)=O. The highest BCUT2D eigenvalue weighted by molar-refractivity contribution is 7.92. The van der Waals surface area contributed by atoms with Gasteiger partial charge in [0.05, 0.1) is 17.0 Å². The Bertz CT molecular complexity index is 1460. The number of carbonyl (C=O) groups is 2. The van der Waals surface area contributed by atoms with Gasteiger partial charge in [-0.3, -0.25) is 13.9 Å². The second-order valence-electron chi connectivity index (χ2n) is 9.12. The zero-order valence-electron chi connectivity index (χ0n) is 21.9. The van der Waals surface area contributed by atoms with E-state index in [2.05, 4.69) is 5.32 Å². The number of hydrogen-bond acceptors (Lipinski definition) is 4. The molecule has 0 spiro atoms. The minimum atomic E-state index is -3.99. The molecular formula is C28H29Cl4N3O4S. The zero-order valence-corrected chi connectivity index (χ0v) is 25.8. The Morgan fingerprint density at radius 3 is 2.17 bits per heavy atom. The topological polar surface area (TPSA) is 86.8 Å². The molecule has 7 nitrogen and oxygen atoms in total. The molecule has 3 rings (SSSR count). The van der Waals surface area contributed by atoms with Gasteiger partial charge in [-0.1, -0.05) is 89.7 Å². The highest BCUT2D eigenvalue weighted by atomic mass is 35.5. The third kappa shape index (κ3) is 8.75. The third-order valence-corrected chi connectivity index (χ3v) is 8.30. The first-order chi connectivity index (χ1) is 18.9. The Hall–Kier alpha value is -2.49. The summed E-state index contributed by atoms with van der Waals surface area (Å²) in [4.78, 5) is 28.9. The van der Waals surface area contributed by atoms with E-state index in [9.17, 15) is 18.0 Å². The van der Waals surface area contributed by atoms with E-state index in [1.54, 1.807) is 18.2 Å². The normalized spacial score (nSPS) is 12.1. The number of halogens is 4. The van der Waals surface area contributed by atoms with Gasteiger partial charge >= 0.3 is 0 Å². The fourth-order valence-electron chi connectivity index (χ4n) is 4.03. The molecular weight excluding hydrogens is 616 g/mol. The van der Waals surface area contributed by atoms with Crippen LogP contribution in [0.4, 0.5) is 5.69 Å². The predicted molar refractivity (Wildman–Crippen MR) is 163 cm³/mol. The van der Waals surface area contributed by atoms with E-state index in [1.807, 2.05) is 37.3 Å². The van der Waals surface area contributed by atoms with Gasteiger partial charge in [-0.2, -0.15) is 0 Å². The van der Waals surface area contributed by atoms with Crippen molar-refractivity contribution in [3.8, 4) is 0 Å². The van der Waals surface area contributed by atoms with Gasteiger partial charge < -0.3 is 10.2 Å². The molecule has 0 saturated heterocycles. The van der Waals surface area contributed by atoms with Crippen molar-refractivity contribution < 1.29 is 18.0 Å². The molecule has 0 aromatic heterocycles. The summed E-state index contributed by atoms with van der Waals surface area (Å²) in [5.41, 5.74) is 1.40. The predicted octanol–water partition coefficient (Wildman–Crippen LogP) is 6.23. The largest absolute Gasteiger partial charge is 0.354 e. The van der Waals surface area contributed by atoms with E-state index in [1.165, 1.54) is 23.1 Å². The lowest BCUT2D eigenvalue weighted by atomic mass is 10.0. The van der Waals surface area contributed by atoms with E-state index in [-0.39, 0.29) is 34.6 Å². The van der Waals surface area contributed by atoms with Gasteiger partial charge in [0.1, 0.15) is 12.6 Å². The number of nitrogens with zero attached hydrogens (tertiary/aromatic N) is 2. The van der Waals surface area contributed by atoms with Crippen LogP contribution in [0.1, 0.15) is 24.5 Å². The fourth-order valence-corrected chi connectivity index (χ4v) is 5.78. The number of hydrogen-bond donors (Lipinski definition) is 1. The van der Waals surface area contributed by atoms with Crippen molar-refractivity contribution in [3.05, 3.63) is 97.9 Å². The molecule has 40 heavy (non-hydrogen) atoms. The first kappa shape index (κ1) is 32.0. The van der Waals surface area contributed by atoms with Crippen LogP contribution < -0.4 is 9.62 Å². The Balaban J connectivity index is 2.10. The summed E-state index contributed by atoms with van der Waals surface area (Å²) in [5.74, 6) is -1.02. The fraction of sp³-hybridized carbons (Fsp3) is 0.286. The van der Waals surface area contributed by atoms with Crippen molar-refractivity contribution in [2.24, 2.45) is 0 Å². The first-order valence-corrected chi connectivity index (χ1v) is 15.7. The quantitative estimate of drug-likeness (QED) is 0.253. The maximum absolute atomic E-state index is 14.1. The number of sulfonamides is 1. The molecule has 0 bridgehead atoms. The molecule has 0 aliphatic rings. The highest BCUT2D eigenvalue weighted by Gasteiger charge is 2.33. The second-order valence-corrected chi connectivity index (χ2v) is 12.7. The van der Waals surface area contributed by atoms with Crippen LogP contribution in [-0.4, -0.2) is 50.5 Å². The minimum absolute atomic E-state index is 0.0459. The standard InChI is InChI=1S/C28H29Cl4N3O4S/c1-3-13-33-28(37)26(14-19-7-5-4-6-8-19)34(17-20-9-10-21(29)15-24(20)32)27(36)18-35(40(2,38)39)25-16-22(30)11-12-23(25)31/h4-12,15-16,26H,3,13-14,17-18H2,1-2H3,(H,33,37)/t26-/m0/s1. The number of amides is 2. The Morgan fingerprint density at radius 1 is 0.900 bits per heavy atom. The molecule has 214 valence electrons. The van der Waals surface area contributed by atoms with Crippen LogP contribution in [0.25, 0.3) is 0 Å². The molecule has 1 N–H and O–H groups in total. The number of anilines is 1. The monoisotopic (exact) mass is 643 g/mol. The smallest absolute Gasteiger partial charge is 0.244 e. The minimum Gasteiger partial charge on any atom is -0.354 e. The van der Waals surface area contributed by atoms with Crippen molar-refractivity contribution in [2.75, 3.05) is 23.7 Å². The van der Waals surface area contributed by atoms with Crippen molar-refractivity contribution in [1.29, 1.82) is 0 Å². The van der Waals surface area contributed by atoms with Crippen LogP contribution in [0.2, 0.25) is 20.1 Å². The van der Waals surface area contributed by atoms with Crippen molar-refractivity contribution in [2.45, 2.75) is 32.4 Å². The van der Waals surface area contributed by atoms with Gasteiger partial charge in [-0.15, -0.1) is 0 Å². The molecule has 0 radical (unpaired) electrons. The summed E-state index contributed by atoms with van der Waals surface area (Å²) in [7, 11) is -3.99. The molecule has 0 unspecified atom stereocenters. The lowest BCUT2D eigenvalue weighted by Gasteiger charge is -2.34. The lowest BCUT2D eigenvalue weighted by molar-refractivity contribution is -0.140.